The Labute approximate surface area is 215 Å². The second-order valence-corrected chi connectivity index (χ2v) is 10.2. The highest BCUT2D eigenvalue weighted by atomic mass is 16.2. The Hall–Kier alpha value is -4.20. The van der Waals surface area contributed by atoms with Crippen molar-refractivity contribution in [2.24, 2.45) is 5.92 Å². The SMILES string of the molecule is C[C@@H](Cc1ccc(-c2cnc([C@@H]3CC4CC4N3C(=O)CNC=O)[nH]2)cc1)c1ccc(-c2cnc[nH]2)cc1. The zero-order valence-electron chi connectivity index (χ0n) is 20.7. The number of hydrogen-bond acceptors (Lipinski definition) is 4. The minimum Gasteiger partial charge on any atom is -0.350 e. The molecule has 2 aliphatic rings. The van der Waals surface area contributed by atoms with E-state index < -0.39 is 0 Å². The minimum absolute atomic E-state index is 0.0328. The lowest BCUT2D eigenvalue weighted by atomic mass is 9.92. The lowest BCUT2D eigenvalue weighted by Gasteiger charge is -2.26. The summed E-state index contributed by atoms with van der Waals surface area (Å²) >= 11 is 0. The molecule has 3 N–H and O–H groups in total. The standard InChI is InChI=1S/C29H30N6O2/c1-18(20-6-8-21(9-7-20)24-13-30-16-33-24)10-19-2-4-22(5-3-19)25-14-32-29(34-25)27-12-23-11-26(23)35(27)28(37)15-31-17-36/h2-9,13-14,16-18,23,26-27H,10-12,15H2,1H3,(H,30,33)(H,31,36)(H,32,34)/t18-,23?,26?,27-/m0/s1. The molecule has 8 nitrogen and oxygen atoms in total. The zero-order chi connectivity index (χ0) is 25.4. The van der Waals surface area contributed by atoms with Crippen molar-refractivity contribution < 1.29 is 9.59 Å². The number of aromatic amines is 2. The van der Waals surface area contributed by atoms with Crippen LogP contribution in [0.5, 0.6) is 0 Å². The number of amides is 2. The average Bonchev–Trinajstić information content (AvgIpc) is 3.36. The predicted octanol–water partition coefficient (Wildman–Crippen LogP) is 4.22. The molecule has 1 saturated carbocycles. The quantitative estimate of drug-likeness (QED) is 0.303. The highest BCUT2D eigenvalue weighted by molar-refractivity contribution is 5.81. The van der Waals surface area contributed by atoms with Crippen LogP contribution in [0.25, 0.3) is 22.5 Å². The second-order valence-electron chi connectivity index (χ2n) is 10.2. The van der Waals surface area contributed by atoms with Crippen molar-refractivity contribution in [1.29, 1.82) is 0 Å². The highest BCUT2D eigenvalue weighted by Crippen LogP contribution is 2.53. The van der Waals surface area contributed by atoms with Crippen LogP contribution in [-0.4, -0.2) is 49.7 Å². The van der Waals surface area contributed by atoms with Crippen molar-refractivity contribution in [3.8, 4) is 22.5 Å². The van der Waals surface area contributed by atoms with Gasteiger partial charge >= 0.3 is 0 Å². The summed E-state index contributed by atoms with van der Waals surface area (Å²) in [6.45, 7) is 2.29. The van der Waals surface area contributed by atoms with Gasteiger partial charge < -0.3 is 20.2 Å². The van der Waals surface area contributed by atoms with Gasteiger partial charge in [-0.05, 0) is 53.4 Å². The van der Waals surface area contributed by atoms with Crippen LogP contribution in [0.4, 0.5) is 0 Å². The van der Waals surface area contributed by atoms with Crippen molar-refractivity contribution >= 4 is 12.3 Å². The number of H-pyrrole nitrogens is 2. The number of benzene rings is 2. The number of rotatable bonds is 9. The molecule has 6 rings (SSSR count). The summed E-state index contributed by atoms with van der Waals surface area (Å²) < 4.78 is 0. The molecular formula is C29H30N6O2. The third-order valence-corrected chi connectivity index (χ3v) is 7.74. The zero-order valence-corrected chi connectivity index (χ0v) is 20.7. The first kappa shape index (κ1) is 23.2. The number of carbonyl (C=O) groups is 2. The topological polar surface area (TPSA) is 107 Å². The number of carbonyl (C=O) groups excluding carboxylic acids is 2. The van der Waals surface area contributed by atoms with Crippen molar-refractivity contribution in [3.63, 3.8) is 0 Å². The summed E-state index contributed by atoms with van der Waals surface area (Å²) in [7, 11) is 0. The van der Waals surface area contributed by atoms with Gasteiger partial charge in [0.05, 0.1) is 42.7 Å². The van der Waals surface area contributed by atoms with Gasteiger partial charge in [0, 0.05) is 6.04 Å². The molecule has 3 heterocycles. The van der Waals surface area contributed by atoms with Crippen LogP contribution in [0, 0.1) is 5.92 Å². The van der Waals surface area contributed by atoms with E-state index in [9.17, 15) is 9.59 Å². The fourth-order valence-electron chi connectivity index (χ4n) is 5.63. The van der Waals surface area contributed by atoms with E-state index in [1.165, 1.54) is 11.1 Å². The lowest BCUT2D eigenvalue weighted by Crippen LogP contribution is -2.39. The van der Waals surface area contributed by atoms with E-state index in [0.717, 1.165) is 47.6 Å². The molecule has 2 aromatic heterocycles. The fraction of sp³-hybridized carbons (Fsp3) is 0.310. The molecule has 37 heavy (non-hydrogen) atoms. The number of aromatic nitrogens is 4. The Morgan fingerprint density at radius 1 is 1.08 bits per heavy atom. The molecule has 0 radical (unpaired) electrons. The average molecular weight is 495 g/mol. The van der Waals surface area contributed by atoms with Crippen molar-refractivity contribution in [2.45, 2.75) is 44.2 Å². The maximum atomic E-state index is 12.7. The number of likely N-dealkylation sites (tertiary alicyclic amines) is 1. The van der Waals surface area contributed by atoms with E-state index >= 15 is 0 Å². The van der Waals surface area contributed by atoms with Gasteiger partial charge in [-0.25, -0.2) is 9.97 Å². The number of imidazole rings is 2. The molecule has 1 aliphatic carbocycles. The first-order valence-corrected chi connectivity index (χ1v) is 12.8. The van der Waals surface area contributed by atoms with E-state index in [4.69, 9.17) is 0 Å². The highest BCUT2D eigenvalue weighted by Gasteiger charge is 2.54. The molecule has 2 amide bonds. The Morgan fingerprint density at radius 3 is 2.57 bits per heavy atom. The number of nitrogens with zero attached hydrogens (tertiary/aromatic N) is 3. The van der Waals surface area contributed by atoms with Gasteiger partial charge in [-0.15, -0.1) is 0 Å². The second kappa shape index (κ2) is 9.69. The molecule has 0 bridgehead atoms. The minimum atomic E-state index is -0.0572. The van der Waals surface area contributed by atoms with Crippen LogP contribution in [0.15, 0.2) is 67.3 Å². The first-order valence-electron chi connectivity index (χ1n) is 12.8. The Bertz CT molecular complexity index is 1380. The molecule has 4 aromatic rings. The van der Waals surface area contributed by atoms with Crippen molar-refractivity contribution in [1.82, 2.24) is 30.2 Å². The lowest BCUT2D eigenvalue weighted by molar-refractivity contribution is -0.133. The van der Waals surface area contributed by atoms with Crippen LogP contribution >= 0.6 is 0 Å². The number of fused-ring (bicyclic) bond motifs is 1. The number of hydrogen-bond donors (Lipinski definition) is 3. The molecule has 0 spiro atoms. The van der Waals surface area contributed by atoms with Gasteiger partial charge in [0.1, 0.15) is 5.82 Å². The molecule has 2 unspecified atom stereocenters. The molecular weight excluding hydrogens is 464 g/mol. The number of piperidine rings is 1. The maximum Gasteiger partial charge on any atom is 0.242 e. The predicted molar refractivity (Wildman–Crippen MR) is 140 cm³/mol. The van der Waals surface area contributed by atoms with E-state index in [1.54, 1.807) is 6.33 Å². The molecule has 1 saturated heterocycles. The van der Waals surface area contributed by atoms with E-state index in [-0.39, 0.29) is 24.5 Å². The Balaban J connectivity index is 1.11. The largest absolute Gasteiger partial charge is 0.350 e. The molecule has 2 aromatic carbocycles. The van der Waals surface area contributed by atoms with Gasteiger partial charge in [-0.3, -0.25) is 9.59 Å². The molecule has 188 valence electrons. The fourth-order valence-corrected chi connectivity index (χ4v) is 5.63. The normalized spacial score (nSPS) is 20.9. The van der Waals surface area contributed by atoms with Gasteiger partial charge in [-0.1, -0.05) is 55.5 Å². The summed E-state index contributed by atoms with van der Waals surface area (Å²) in [5, 5.41) is 2.50. The summed E-state index contributed by atoms with van der Waals surface area (Å²) in [5.74, 6) is 1.71. The van der Waals surface area contributed by atoms with E-state index in [0.29, 0.717) is 18.2 Å². The Kier molecular flexibility index (Phi) is 6.08. The third-order valence-electron chi connectivity index (χ3n) is 7.74. The summed E-state index contributed by atoms with van der Waals surface area (Å²) in [5.41, 5.74) is 6.77. The van der Waals surface area contributed by atoms with Crippen LogP contribution in [0.1, 0.15) is 48.7 Å². The van der Waals surface area contributed by atoms with Crippen molar-refractivity contribution in [2.75, 3.05) is 6.54 Å². The van der Waals surface area contributed by atoms with E-state index in [1.807, 2.05) is 17.3 Å². The van der Waals surface area contributed by atoms with Crippen molar-refractivity contribution in [3.05, 3.63) is 84.2 Å². The summed E-state index contributed by atoms with van der Waals surface area (Å²) in [6.07, 6.45) is 8.87. The monoisotopic (exact) mass is 494 g/mol. The van der Waals surface area contributed by atoms with Gasteiger partial charge in [-0.2, -0.15) is 0 Å². The van der Waals surface area contributed by atoms with Crippen LogP contribution < -0.4 is 5.32 Å². The Morgan fingerprint density at radius 2 is 1.84 bits per heavy atom. The van der Waals surface area contributed by atoms with Gasteiger partial charge in [0.2, 0.25) is 12.3 Å². The molecule has 1 aliphatic heterocycles. The molecule has 2 fully saturated rings. The first-order chi connectivity index (χ1) is 18.1. The van der Waals surface area contributed by atoms with Gasteiger partial charge in [0.15, 0.2) is 0 Å². The van der Waals surface area contributed by atoms with Crippen LogP contribution in [0.2, 0.25) is 0 Å². The summed E-state index contributed by atoms with van der Waals surface area (Å²) in [6, 6.07) is 17.5. The molecule has 8 heteroatoms. The van der Waals surface area contributed by atoms with Crippen LogP contribution in [0.3, 0.4) is 0 Å². The van der Waals surface area contributed by atoms with Gasteiger partial charge in [0.25, 0.3) is 0 Å². The number of nitrogens with one attached hydrogen (secondary N) is 3. The summed E-state index contributed by atoms with van der Waals surface area (Å²) in [4.78, 5) is 40.5. The van der Waals surface area contributed by atoms with Crippen LogP contribution in [-0.2, 0) is 16.0 Å². The smallest absolute Gasteiger partial charge is 0.242 e. The third kappa shape index (κ3) is 4.67. The molecule has 4 atom stereocenters. The maximum absolute atomic E-state index is 12.7. The van der Waals surface area contributed by atoms with E-state index in [2.05, 4.69) is 80.7 Å².